The van der Waals surface area contributed by atoms with Crippen molar-refractivity contribution in [3.05, 3.63) is 83.4 Å². The Morgan fingerprint density at radius 3 is 2.56 bits per heavy atom. The van der Waals surface area contributed by atoms with Crippen molar-refractivity contribution in [3.63, 3.8) is 0 Å². The van der Waals surface area contributed by atoms with E-state index in [-0.39, 0.29) is 18.6 Å². The molecule has 0 aliphatic carbocycles. The molecule has 2 amide bonds. The van der Waals surface area contributed by atoms with Crippen molar-refractivity contribution in [3.8, 4) is 17.2 Å². The number of amides is 2. The molecule has 7 nitrogen and oxygen atoms in total. The van der Waals surface area contributed by atoms with Crippen LogP contribution < -0.4 is 24.4 Å². The lowest BCUT2D eigenvalue weighted by Gasteiger charge is -2.42. The van der Waals surface area contributed by atoms with Crippen molar-refractivity contribution < 1.29 is 23.8 Å². The molecule has 36 heavy (non-hydrogen) atoms. The minimum Gasteiger partial charge on any atom is -0.497 e. The predicted molar refractivity (Wildman–Crippen MR) is 137 cm³/mol. The topological polar surface area (TPSA) is 77.1 Å². The van der Waals surface area contributed by atoms with Crippen LogP contribution >= 0.6 is 0 Å². The maximum absolute atomic E-state index is 14.0. The molecular weight excluding hydrogens is 456 g/mol. The number of nitrogens with one attached hydrogen (secondary N) is 1. The van der Waals surface area contributed by atoms with Crippen LogP contribution in [0.15, 0.2) is 66.7 Å². The van der Waals surface area contributed by atoms with E-state index in [1.54, 1.807) is 30.2 Å². The quantitative estimate of drug-likeness (QED) is 0.505. The van der Waals surface area contributed by atoms with Gasteiger partial charge in [0.15, 0.2) is 11.5 Å². The summed E-state index contributed by atoms with van der Waals surface area (Å²) in [6.07, 6.45) is 0.873. The van der Waals surface area contributed by atoms with Crippen LogP contribution in [0, 0.1) is 5.92 Å². The van der Waals surface area contributed by atoms with Gasteiger partial charge in [-0.3, -0.25) is 14.5 Å². The van der Waals surface area contributed by atoms with Crippen LogP contribution in [0.2, 0.25) is 0 Å². The van der Waals surface area contributed by atoms with Gasteiger partial charge < -0.3 is 19.5 Å². The molecule has 0 spiro atoms. The molecule has 0 fully saturated rings. The Morgan fingerprint density at radius 2 is 1.81 bits per heavy atom. The predicted octanol–water partition coefficient (Wildman–Crippen LogP) is 5.07. The molecule has 3 aromatic rings. The van der Waals surface area contributed by atoms with Gasteiger partial charge in [0, 0.05) is 23.9 Å². The number of carbonyl (C=O) groups excluding carboxylic acids is 2. The van der Waals surface area contributed by atoms with Crippen LogP contribution in [0.3, 0.4) is 0 Å². The number of hydrogen-bond donors (Lipinski definition) is 1. The number of benzene rings is 3. The Hall–Kier alpha value is -4.00. The van der Waals surface area contributed by atoms with E-state index < -0.39 is 12.0 Å². The minimum atomic E-state index is -0.607. The van der Waals surface area contributed by atoms with Crippen molar-refractivity contribution in [1.82, 2.24) is 5.32 Å². The molecule has 0 saturated carbocycles. The Bertz CT molecular complexity index is 1270. The SMILES string of the molecule is COc1ccc(C2C(C(=O)NCCC(C)C)c3ccccc3C(=O)N2c2ccc3c(c2)OCO3)cc1. The summed E-state index contributed by atoms with van der Waals surface area (Å²) in [4.78, 5) is 29.5. The van der Waals surface area contributed by atoms with Crippen molar-refractivity contribution in [2.45, 2.75) is 32.2 Å². The lowest BCUT2D eigenvalue weighted by atomic mass is 9.78. The molecule has 0 bridgehead atoms. The van der Waals surface area contributed by atoms with Crippen LogP contribution in [0.5, 0.6) is 17.2 Å². The molecule has 1 N–H and O–H groups in total. The molecule has 0 saturated heterocycles. The highest BCUT2D eigenvalue weighted by atomic mass is 16.7. The Kier molecular flexibility index (Phi) is 6.55. The van der Waals surface area contributed by atoms with Crippen LogP contribution in [-0.2, 0) is 4.79 Å². The monoisotopic (exact) mass is 486 g/mol. The molecule has 0 radical (unpaired) electrons. The molecule has 2 unspecified atom stereocenters. The van der Waals surface area contributed by atoms with Crippen LogP contribution in [-0.4, -0.2) is 32.3 Å². The maximum atomic E-state index is 14.0. The van der Waals surface area contributed by atoms with Crippen molar-refractivity contribution in [1.29, 1.82) is 0 Å². The first-order chi connectivity index (χ1) is 17.5. The smallest absolute Gasteiger partial charge is 0.259 e. The van der Waals surface area contributed by atoms with Gasteiger partial charge >= 0.3 is 0 Å². The molecule has 3 aromatic carbocycles. The van der Waals surface area contributed by atoms with Gasteiger partial charge in [0.1, 0.15) is 5.75 Å². The summed E-state index contributed by atoms with van der Waals surface area (Å²) in [7, 11) is 1.61. The number of ether oxygens (including phenoxy) is 3. The van der Waals surface area contributed by atoms with Gasteiger partial charge in [-0.2, -0.15) is 0 Å². The van der Waals surface area contributed by atoms with E-state index in [1.807, 2.05) is 48.5 Å². The molecule has 2 heterocycles. The largest absolute Gasteiger partial charge is 0.497 e. The van der Waals surface area contributed by atoms with Crippen molar-refractivity contribution >= 4 is 17.5 Å². The summed E-state index contributed by atoms with van der Waals surface area (Å²) in [6, 6.07) is 19.8. The first-order valence-electron chi connectivity index (χ1n) is 12.2. The van der Waals surface area contributed by atoms with Gasteiger partial charge in [0.25, 0.3) is 5.91 Å². The minimum absolute atomic E-state index is 0.109. The highest BCUT2D eigenvalue weighted by Crippen LogP contribution is 2.47. The number of fused-ring (bicyclic) bond motifs is 2. The second-order valence-corrected chi connectivity index (χ2v) is 9.47. The van der Waals surface area contributed by atoms with Crippen LogP contribution in [0.25, 0.3) is 0 Å². The second kappa shape index (κ2) is 9.93. The summed E-state index contributed by atoms with van der Waals surface area (Å²) in [5, 5.41) is 3.13. The Labute approximate surface area is 211 Å². The van der Waals surface area contributed by atoms with E-state index in [1.165, 1.54) is 0 Å². The number of rotatable bonds is 7. The summed E-state index contributed by atoms with van der Waals surface area (Å²) < 4.78 is 16.4. The zero-order valence-corrected chi connectivity index (χ0v) is 20.7. The molecule has 2 aliphatic heterocycles. The zero-order chi connectivity index (χ0) is 25.2. The molecule has 2 atom stereocenters. The third kappa shape index (κ3) is 4.37. The summed E-state index contributed by atoms with van der Waals surface area (Å²) in [5.74, 6) is 1.49. The molecule has 186 valence electrons. The van der Waals surface area contributed by atoms with E-state index >= 15 is 0 Å². The summed E-state index contributed by atoms with van der Waals surface area (Å²) >= 11 is 0. The lowest BCUT2D eigenvalue weighted by molar-refractivity contribution is -0.123. The van der Waals surface area contributed by atoms with Crippen LogP contribution in [0.1, 0.15) is 53.7 Å². The second-order valence-electron chi connectivity index (χ2n) is 9.47. The van der Waals surface area contributed by atoms with E-state index in [2.05, 4.69) is 19.2 Å². The molecule has 0 aromatic heterocycles. The normalized spacial score (nSPS) is 18.2. The highest BCUT2D eigenvalue weighted by molar-refractivity contribution is 6.11. The van der Waals surface area contributed by atoms with E-state index in [4.69, 9.17) is 14.2 Å². The van der Waals surface area contributed by atoms with Gasteiger partial charge in [-0.25, -0.2) is 0 Å². The number of anilines is 1. The number of carbonyl (C=O) groups is 2. The Morgan fingerprint density at radius 1 is 1.06 bits per heavy atom. The fraction of sp³-hybridized carbons (Fsp3) is 0.310. The fourth-order valence-corrected chi connectivity index (χ4v) is 4.87. The summed E-state index contributed by atoms with van der Waals surface area (Å²) in [5.41, 5.74) is 2.71. The fourth-order valence-electron chi connectivity index (χ4n) is 4.87. The van der Waals surface area contributed by atoms with Gasteiger partial charge in [-0.1, -0.05) is 44.2 Å². The third-order valence-electron chi connectivity index (χ3n) is 6.73. The summed E-state index contributed by atoms with van der Waals surface area (Å²) in [6.45, 7) is 4.96. The van der Waals surface area contributed by atoms with Crippen LogP contribution in [0.4, 0.5) is 5.69 Å². The lowest BCUT2D eigenvalue weighted by Crippen LogP contribution is -2.47. The van der Waals surface area contributed by atoms with Crippen molar-refractivity contribution in [2.75, 3.05) is 25.3 Å². The molecule has 5 rings (SSSR count). The average molecular weight is 487 g/mol. The van der Waals surface area contributed by atoms with Gasteiger partial charge in [-0.05, 0) is 53.8 Å². The zero-order valence-electron chi connectivity index (χ0n) is 20.7. The van der Waals surface area contributed by atoms with Crippen molar-refractivity contribution in [2.24, 2.45) is 5.92 Å². The molecule has 2 aliphatic rings. The number of hydrogen-bond acceptors (Lipinski definition) is 5. The first-order valence-corrected chi connectivity index (χ1v) is 12.2. The third-order valence-corrected chi connectivity index (χ3v) is 6.73. The van der Waals surface area contributed by atoms with E-state index in [0.29, 0.717) is 41.0 Å². The maximum Gasteiger partial charge on any atom is 0.259 e. The first kappa shape index (κ1) is 23.7. The van der Waals surface area contributed by atoms with E-state index in [0.717, 1.165) is 17.5 Å². The van der Waals surface area contributed by atoms with E-state index in [9.17, 15) is 9.59 Å². The molecule has 7 heteroatoms. The van der Waals surface area contributed by atoms with Gasteiger partial charge in [0.2, 0.25) is 12.7 Å². The molecular formula is C29H30N2O5. The number of methoxy groups -OCH3 is 1. The number of nitrogens with zero attached hydrogens (tertiary/aromatic N) is 1. The Balaban J connectivity index is 1.65. The standard InChI is InChI=1S/C29H30N2O5/c1-18(2)14-15-30-28(32)26-22-6-4-5-7-23(22)29(33)31(20-10-13-24-25(16-20)36-17-35-24)27(26)19-8-11-21(34-3)12-9-19/h4-13,16,18,26-27H,14-15,17H2,1-3H3,(H,30,32). The average Bonchev–Trinajstić information content (AvgIpc) is 3.36. The van der Waals surface area contributed by atoms with Gasteiger partial charge in [0.05, 0.1) is 19.1 Å². The van der Waals surface area contributed by atoms with Gasteiger partial charge in [-0.15, -0.1) is 0 Å². The highest BCUT2D eigenvalue weighted by Gasteiger charge is 2.45.